The smallest absolute Gasteiger partial charge is 0.269 e. The second-order valence-electron chi connectivity index (χ2n) is 6.67. The molecule has 3 aromatic carbocycles. The van der Waals surface area contributed by atoms with E-state index in [4.69, 9.17) is 0 Å². The Morgan fingerprint density at radius 3 is 1.97 bits per heavy atom. The highest BCUT2D eigenvalue weighted by molar-refractivity contribution is 7.92. The maximum Gasteiger partial charge on any atom is 0.269 e. The fourth-order valence-corrected chi connectivity index (χ4v) is 3.96. The van der Waals surface area contributed by atoms with Crippen LogP contribution in [0.15, 0.2) is 83.8 Å². The lowest BCUT2D eigenvalue weighted by atomic mass is 10.2. The number of hydrogen-bond donors (Lipinski definition) is 1. The normalized spacial score (nSPS) is 11.0. The van der Waals surface area contributed by atoms with Gasteiger partial charge in [-0.05, 0) is 55.5 Å². The van der Waals surface area contributed by atoms with Gasteiger partial charge in [0.25, 0.3) is 15.9 Å². The van der Waals surface area contributed by atoms with Crippen LogP contribution in [0.1, 0.15) is 15.9 Å². The number of rotatable bonds is 6. The van der Waals surface area contributed by atoms with E-state index in [2.05, 4.69) is 5.43 Å². The highest BCUT2D eigenvalue weighted by atomic mass is 32.2. The minimum absolute atomic E-state index is 0.219. The van der Waals surface area contributed by atoms with Gasteiger partial charge in [0, 0.05) is 19.7 Å². The second kappa shape index (κ2) is 8.36. The quantitative estimate of drug-likeness (QED) is 0.632. The molecule has 0 aliphatic rings. The molecular formula is C22H23N3O3S. The average molecular weight is 410 g/mol. The van der Waals surface area contributed by atoms with E-state index in [1.807, 2.05) is 37.3 Å². The van der Waals surface area contributed by atoms with Gasteiger partial charge in [0.15, 0.2) is 0 Å². The predicted octanol–water partition coefficient (Wildman–Crippen LogP) is 3.60. The highest BCUT2D eigenvalue weighted by Crippen LogP contribution is 2.23. The van der Waals surface area contributed by atoms with Gasteiger partial charge in [0.2, 0.25) is 0 Å². The lowest BCUT2D eigenvalue weighted by Crippen LogP contribution is -2.39. The van der Waals surface area contributed by atoms with Crippen LogP contribution in [0.25, 0.3) is 0 Å². The third kappa shape index (κ3) is 4.57. The number of nitrogens with one attached hydrogen (secondary N) is 1. The van der Waals surface area contributed by atoms with Crippen molar-refractivity contribution in [3.63, 3.8) is 0 Å². The molecular weight excluding hydrogens is 386 g/mol. The maximum absolute atomic E-state index is 12.8. The second-order valence-corrected chi connectivity index (χ2v) is 8.64. The summed E-state index contributed by atoms with van der Waals surface area (Å²) in [6.45, 7) is 1.90. The van der Waals surface area contributed by atoms with Crippen LogP contribution in [0.2, 0.25) is 0 Å². The van der Waals surface area contributed by atoms with Gasteiger partial charge in [0.1, 0.15) is 0 Å². The Morgan fingerprint density at radius 2 is 1.38 bits per heavy atom. The standard InChI is InChI=1S/C22H23N3O3S/c1-17-9-15-21(16-10-17)29(27,28)25(3)20-13-11-18(12-14-20)22(26)23-24(2)19-7-5-4-6-8-19/h4-16H,1-3H3,(H,23,26). The van der Waals surface area contributed by atoms with Crippen molar-refractivity contribution in [3.8, 4) is 0 Å². The van der Waals surface area contributed by atoms with Crippen LogP contribution in [0, 0.1) is 6.92 Å². The minimum Gasteiger partial charge on any atom is -0.288 e. The first-order valence-corrected chi connectivity index (χ1v) is 10.5. The number of para-hydroxylation sites is 1. The summed E-state index contributed by atoms with van der Waals surface area (Å²) >= 11 is 0. The number of aryl methyl sites for hydroxylation is 1. The van der Waals surface area contributed by atoms with Gasteiger partial charge < -0.3 is 0 Å². The molecule has 0 aliphatic carbocycles. The number of nitrogens with zero attached hydrogens (tertiary/aromatic N) is 2. The molecule has 3 aromatic rings. The number of anilines is 2. The Balaban J connectivity index is 1.73. The molecule has 7 heteroatoms. The van der Waals surface area contributed by atoms with Crippen LogP contribution < -0.4 is 14.7 Å². The van der Waals surface area contributed by atoms with Gasteiger partial charge in [-0.3, -0.25) is 19.5 Å². The van der Waals surface area contributed by atoms with Gasteiger partial charge in [-0.1, -0.05) is 35.9 Å². The molecule has 0 radical (unpaired) electrons. The molecule has 0 heterocycles. The molecule has 29 heavy (non-hydrogen) atoms. The Morgan fingerprint density at radius 1 is 0.793 bits per heavy atom. The van der Waals surface area contributed by atoms with Gasteiger partial charge in [-0.2, -0.15) is 0 Å². The van der Waals surface area contributed by atoms with Crippen LogP contribution in [0.5, 0.6) is 0 Å². The van der Waals surface area contributed by atoms with E-state index >= 15 is 0 Å². The Bertz CT molecular complexity index is 1080. The maximum atomic E-state index is 12.8. The van der Waals surface area contributed by atoms with Crippen molar-refractivity contribution < 1.29 is 13.2 Å². The number of sulfonamides is 1. The summed E-state index contributed by atoms with van der Waals surface area (Å²) in [6, 6.07) is 22.6. The largest absolute Gasteiger partial charge is 0.288 e. The van der Waals surface area contributed by atoms with Crippen molar-refractivity contribution in [2.75, 3.05) is 23.4 Å². The fraction of sp³-hybridized carbons (Fsp3) is 0.136. The minimum atomic E-state index is -3.67. The lowest BCUT2D eigenvalue weighted by Gasteiger charge is -2.21. The monoisotopic (exact) mass is 409 g/mol. The van der Waals surface area contributed by atoms with Crippen LogP contribution in [-0.2, 0) is 10.0 Å². The van der Waals surface area contributed by atoms with Gasteiger partial charge in [-0.25, -0.2) is 8.42 Å². The first-order chi connectivity index (χ1) is 13.8. The van der Waals surface area contributed by atoms with E-state index in [1.54, 1.807) is 60.6 Å². The number of amides is 1. The number of hydrogen-bond acceptors (Lipinski definition) is 4. The molecule has 0 spiro atoms. The summed E-state index contributed by atoms with van der Waals surface area (Å²) in [7, 11) is -0.425. The predicted molar refractivity (Wildman–Crippen MR) is 116 cm³/mol. The number of carbonyl (C=O) groups excluding carboxylic acids is 1. The van der Waals surface area contributed by atoms with Crippen molar-refractivity contribution in [3.05, 3.63) is 90.0 Å². The van der Waals surface area contributed by atoms with E-state index < -0.39 is 10.0 Å². The highest BCUT2D eigenvalue weighted by Gasteiger charge is 2.21. The SMILES string of the molecule is Cc1ccc(S(=O)(=O)N(C)c2ccc(C(=O)NN(C)c3ccccc3)cc2)cc1. The Hall–Kier alpha value is -3.32. The van der Waals surface area contributed by atoms with Crippen molar-refractivity contribution in [2.24, 2.45) is 0 Å². The van der Waals surface area contributed by atoms with Crippen LogP contribution in [-0.4, -0.2) is 28.4 Å². The third-order valence-corrected chi connectivity index (χ3v) is 6.39. The molecule has 0 aliphatic heterocycles. The molecule has 0 unspecified atom stereocenters. The van der Waals surface area contributed by atoms with Crippen molar-refractivity contribution in [1.29, 1.82) is 0 Å². The van der Waals surface area contributed by atoms with E-state index in [1.165, 1.54) is 11.4 Å². The summed E-state index contributed by atoms with van der Waals surface area (Å²) in [5.74, 6) is -0.285. The van der Waals surface area contributed by atoms with E-state index in [0.29, 0.717) is 11.3 Å². The molecule has 150 valence electrons. The molecule has 0 saturated carbocycles. The van der Waals surface area contributed by atoms with Crippen molar-refractivity contribution in [1.82, 2.24) is 5.43 Å². The molecule has 3 rings (SSSR count). The first-order valence-electron chi connectivity index (χ1n) is 9.04. The van der Waals surface area contributed by atoms with Gasteiger partial charge in [-0.15, -0.1) is 0 Å². The third-order valence-electron chi connectivity index (χ3n) is 4.59. The molecule has 1 amide bonds. The summed E-state index contributed by atoms with van der Waals surface area (Å²) in [4.78, 5) is 12.7. The average Bonchev–Trinajstić information content (AvgIpc) is 2.74. The van der Waals surface area contributed by atoms with Gasteiger partial charge in [0.05, 0.1) is 16.3 Å². The van der Waals surface area contributed by atoms with Crippen molar-refractivity contribution >= 4 is 27.3 Å². The summed E-state index contributed by atoms with van der Waals surface area (Å²) < 4.78 is 26.8. The van der Waals surface area contributed by atoms with E-state index in [0.717, 1.165) is 11.3 Å². The Kier molecular flexibility index (Phi) is 5.89. The summed E-state index contributed by atoms with van der Waals surface area (Å²) in [5, 5.41) is 1.63. The van der Waals surface area contributed by atoms with Crippen molar-refractivity contribution in [2.45, 2.75) is 11.8 Å². The lowest BCUT2D eigenvalue weighted by molar-refractivity contribution is 0.0951. The van der Waals surface area contributed by atoms with Gasteiger partial charge >= 0.3 is 0 Å². The van der Waals surface area contributed by atoms with E-state index in [9.17, 15) is 13.2 Å². The molecule has 0 bridgehead atoms. The zero-order valence-electron chi connectivity index (χ0n) is 16.5. The molecule has 1 N–H and O–H groups in total. The molecule has 0 fully saturated rings. The topological polar surface area (TPSA) is 69.7 Å². The molecule has 0 aromatic heterocycles. The summed E-state index contributed by atoms with van der Waals surface area (Å²) in [6.07, 6.45) is 0. The zero-order valence-corrected chi connectivity index (χ0v) is 17.3. The van der Waals surface area contributed by atoms with Crippen LogP contribution in [0.4, 0.5) is 11.4 Å². The van der Waals surface area contributed by atoms with Crippen LogP contribution in [0.3, 0.4) is 0 Å². The fourth-order valence-electron chi connectivity index (χ4n) is 2.76. The number of hydrazine groups is 1. The molecule has 0 atom stereocenters. The summed E-state index contributed by atoms with van der Waals surface area (Å²) in [5.41, 5.74) is 5.52. The zero-order chi connectivity index (χ0) is 21.0. The molecule has 6 nitrogen and oxygen atoms in total. The Labute approximate surface area is 171 Å². The molecule has 0 saturated heterocycles. The number of benzene rings is 3. The first kappa shape index (κ1) is 20.4. The van der Waals surface area contributed by atoms with E-state index in [-0.39, 0.29) is 10.8 Å². The van der Waals surface area contributed by atoms with Crippen LogP contribution >= 0.6 is 0 Å². The number of carbonyl (C=O) groups is 1.